The van der Waals surface area contributed by atoms with Crippen molar-refractivity contribution in [2.75, 3.05) is 6.54 Å². The average Bonchev–Trinajstić information content (AvgIpc) is 3.19. The van der Waals surface area contributed by atoms with Gasteiger partial charge in [-0.1, -0.05) is 7.43 Å². The number of thiophene rings is 1. The molecule has 7 heteroatoms. The summed E-state index contributed by atoms with van der Waals surface area (Å²) < 4.78 is 2.62. The smallest absolute Gasteiger partial charge is 0.273 e. The van der Waals surface area contributed by atoms with Crippen molar-refractivity contribution in [3.8, 4) is 0 Å². The molecule has 0 bridgehead atoms. The molecule has 136 valence electrons. The molecule has 1 saturated carbocycles. The molecular formula is C19H21BrN4OS. The van der Waals surface area contributed by atoms with Crippen LogP contribution in [0.4, 0.5) is 0 Å². The van der Waals surface area contributed by atoms with Crippen molar-refractivity contribution < 1.29 is 4.79 Å². The molecule has 1 fully saturated rings. The van der Waals surface area contributed by atoms with E-state index in [-0.39, 0.29) is 19.4 Å². The molecular weight excluding hydrogens is 412 g/mol. The van der Waals surface area contributed by atoms with E-state index in [1.165, 1.54) is 10.4 Å². The van der Waals surface area contributed by atoms with Gasteiger partial charge in [0.1, 0.15) is 10.3 Å². The van der Waals surface area contributed by atoms with E-state index in [1.54, 1.807) is 11.3 Å². The van der Waals surface area contributed by atoms with Gasteiger partial charge in [-0.2, -0.15) is 5.10 Å². The Morgan fingerprint density at radius 3 is 2.92 bits per heavy atom. The van der Waals surface area contributed by atoms with Gasteiger partial charge in [0.25, 0.3) is 5.91 Å². The summed E-state index contributed by atoms with van der Waals surface area (Å²) in [5.74, 6) is 0.511. The Balaban J connectivity index is 0.00000168. The van der Waals surface area contributed by atoms with Gasteiger partial charge in [-0.05, 0) is 65.2 Å². The number of hydrogen-bond acceptors (Lipinski definition) is 4. The molecule has 3 aromatic rings. The molecule has 0 saturated heterocycles. The Hall–Kier alpha value is -1.73. The summed E-state index contributed by atoms with van der Waals surface area (Å²) in [4.78, 5) is 21.2. The monoisotopic (exact) mass is 432 g/mol. The Labute approximate surface area is 165 Å². The lowest BCUT2D eigenvalue weighted by molar-refractivity contribution is 0.0673. The molecule has 3 aromatic heterocycles. The molecule has 26 heavy (non-hydrogen) atoms. The molecule has 2 aliphatic rings. The van der Waals surface area contributed by atoms with Gasteiger partial charge in [-0.25, -0.2) is 9.50 Å². The fourth-order valence-electron chi connectivity index (χ4n) is 3.68. The van der Waals surface area contributed by atoms with Crippen LogP contribution in [0.5, 0.6) is 0 Å². The summed E-state index contributed by atoms with van der Waals surface area (Å²) in [6.07, 6.45) is 3.24. The molecule has 0 unspecified atom stereocenters. The maximum Gasteiger partial charge on any atom is 0.273 e. The van der Waals surface area contributed by atoms with E-state index in [0.717, 1.165) is 41.8 Å². The van der Waals surface area contributed by atoms with Crippen molar-refractivity contribution in [2.24, 2.45) is 0 Å². The zero-order valence-electron chi connectivity index (χ0n) is 13.8. The van der Waals surface area contributed by atoms with Crippen molar-refractivity contribution in [1.82, 2.24) is 19.5 Å². The van der Waals surface area contributed by atoms with Gasteiger partial charge in [0.2, 0.25) is 0 Å². The minimum Gasteiger partial charge on any atom is -0.330 e. The van der Waals surface area contributed by atoms with Crippen LogP contribution in [0.3, 0.4) is 0 Å². The number of carbonyl (C=O) groups excluding carboxylic acids is 1. The third-order valence-electron chi connectivity index (χ3n) is 5.18. The lowest BCUT2D eigenvalue weighted by Crippen LogP contribution is -2.38. The zero-order chi connectivity index (χ0) is 17.1. The molecule has 5 rings (SSSR count). The van der Waals surface area contributed by atoms with Gasteiger partial charge < -0.3 is 4.90 Å². The standard InChI is InChI=1S/C18H17BrN4OS.CH4/c1-10-12-5-7-25-15(12)4-6-22(10)18(24)13-8-14(11-2-3-11)23-17(20-13)9-16(19)21-23;/h5,7-11H,2-4,6H2,1H3;1H4/t10-;/m1./s1. The van der Waals surface area contributed by atoms with Crippen LogP contribution in [0.1, 0.15) is 65.8 Å². The van der Waals surface area contributed by atoms with Crippen molar-refractivity contribution in [3.05, 3.63) is 50.0 Å². The van der Waals surface area contributed by atoms with Crippen LogP contribution < -0.4 is 0 Å². The second-order valence-corrected chi connectivity index (χ2v) is 8.61. The van der Waals surface area contributed by atoms with Gasteiger partial charge in [-0.3, -0.25) is 4.79 Å². The van der Waals surface area contributed by atoms with E-state index in [0.29, 0.717) is 11.6 Å². The molecule has 4 heterocycles. The third-order valence-corrected chi connectivity index (χ3v) is 6.56. The molecule has 1 aliphatic heterocycles. The molecule has 1 aliphatic carbocycles. The zero-order valence-corrected chi connectivity index (χ0v) is 16.2. The predicted octanol–water partition coefficient (Wildman–Crippen LogP) is 4.83. The third kappa shape index (κ3) is 2.77. The fraction of sp³-hybridized carbons (Fsp3) is 0.421. The second kappa shape index (κ2) is 6.46. The van der Waals surface area contributed by atoms with Crippen LogP contribution in [0.15, 0.2) is 28.2 Å². The molecule has 0 spiro atoms. The number of nitrogens with zero attached hydrogens (tertiary/aromatic N) is 4. The number of aromatic nitrogens is 3. The first-order valence-electron chi connectivity index (χ1n) is 8.55. The van der Waals surface area contributed by atoms with Crippen molar-refractivity contribution in [1.29, 1.82) is 0 Å². The maximum absolute atomic E-state index is 13.2. The number of amides is 1. The molecule has 5 nitrogen and oxygen atoms in total. The van der Waals surface area contributed by atoms with Crippen LogP contribution in [0.25, 0.3) is 5.65 Å². The fourth-order valence-corrected chi connectivity index (χ4v) is 5.01. The van der Waals surface area contributed by atoms with Crippen molar-refractivity contribution in [2.45, 2.75) is 45.6 Å². The van der Waals surface area contributed by atoms with Crippen LogP contribution >= 0.6 is 27.3 Å². The number of fused-ring (bicyclic) bond motifs is 2. The Kier molecular flexibility index (Phi) is 4.39. The Morgan fingerprint density at radius 1 is 1.35 bits per heavy atom. The van der Waals surface area contributed by atoms with Gasteiger partial charge in [-0.15, -0.1) is 11.3 Å². The normalized spacial score (nSPS) is 19.3. The van der Waals surface area contributed by atoms with E-state index < -0.39 is 0 Å². The maximum atomic E-state index is 13.2. The number of rotatable bonds is 2. The first-order valence-corrected chi connectivity index (χ1v) is 10.2. The summed E-state index contributed by atoms with van der Waals surface area (Å²) >= 11 is 5.21. The van der Waals surface area contributed by atoms with Gasteiger partial charge >= 0.3 is 0 Å². The summed E-state index contributed by atoms with van der Waals surface area (Å²) in [5.41, 5.74) is 3.65. The second-order valence-electron chi connectivity index (χ2n) is 6.80. The largest absolute Gasteiger partial charge is 0.330 e. The van der Waals surface area contributed by atoms with E-state index in [1.807, 2.05) is 21.5 Å². The topological polar surface area (TPSA) is 50.5 Å². The van der Waals surface area contributed by atoms with Gasteiger partial charge in [0.05, 0.1) is 6.04 Å². The number of halogens is 1. The highest BCUT2D eigenvalue weighted by molar-refractivity contribution is 9.10. The predicted molar refractivity (Wildman–Crippen MR) is 107 cm³/mol. The summed E-state index contributed by atoms with van der Waals surface area (Å²) in [5, 5.41) is 6.59. The molecule has 0 aromatic carbocycles. The first kappa shape index (κ1) is 17.7. The summed E-state index contributed by atoms with van der Waals surface area (Å²) in [6.45, 7) is 2.86. The summed E-state index contributed by atoms with van der Waals surface area (Å²) in [7, 11) is 0. The van der Waals surface area contributed by atoms with Gasteiger partial charge in [0.15, 0.2) is 5.65 Å². The quantitative estimate of drug-likeness (QED) is 0.582. The van der Waals surface area contributed by atoms with Gasteiger partial charge in [0, 0.05) is 29.1 Å². The van der Waals surface area contributed by atoms with Crippen LogP contribution in [-0.4, -0.2) is 31.9 Å². The van der Waals surface area contributed by atoms with Crippen molar-refractivity contribution >= 4 is 38.8 Å². The minimum absolute atomic E-state index is 0. The Bertz CT molecular complexity index is 991. The number of hydrogen-bond donors (Lipinski definition) is 0. The molecule has 0 radical (unpaired) electrons. The molecule has 1 amide bonds. The minimum atomic E-state index is 0. The summed E-state index contributed by atoms with van der Waals surface area (Å²) in [6, 6.07) is 6.06. The molecule has 1 atom stereocenters. The SMILES string of the molecule is C.C[C@@H]1c2ccsc2CCN1C(=O)c1cc(C2CC2)n2nc(Br)cc2n1. The highest BCUT2D eigenvalue weighted by atomic mass is 79.9. The average molecular weight is 433 g/mol. The van der Waals surface area contributed by atoms with Crippen LogP contribution in [0.2, 0.25) is 0 Å². The highest BCUT2D eigenvalue weighted by Gasteiger charge is 2.32. The van der Waals surface area contributed by atoms with Crippen LogP contribution in [0, 0.1) is 0 Å². The van der Waals surface area contributed by atoms with Crippen LogP contribution in [-0.2, 0) is 6.42 Å². The lowest BCUT2D eigenvalue weighted by atomic mass is 10.0. The molecule has 0 N–H and O–H groups in total. The van der Waals surface area contributed by atoms with E-state index in [4.69, 9.17) is 0 Å². The van der Waals surface area contributed by atoms with Crippen molar-refractivity contribution in [3.63, 3.8) is 0 Å². The Morgan fingerprint density at radius 2 is 2.15 bits per heavy atom. The highest BCUT2D eigenvalue weighted by Crippen LogP contribution is 2.40. The lowest BCUT2D eigenvalue weighted by Gasteiger charge is -2.33. The van der Waals surface area contributed by atoms with E-state index >= 15 is 0 Å². The van der Waals surface area contributed by atoms with E-state index in [2.05, 4.69) is 44.4 Å². The van der Waals surface area contributed by atoms with E-state index in [9.17, 15) is 4.79 Å². The number of carbonyl (C=O) groups is 1. The first-order chi connectivity index (χ1) is 12.1.